The molecule has 0 saturated heterocycles. The topological polar surface area (TPSA) is 95.3 Å². The number of fused-ring (bicyclic) bond motifs is 1. The molecule has 9 heteroatoms. The summed E-state index contributed by atoms with van der Waals surface area (Å²) in [7, 11) is 1.27. The van der Waals surface area contributed by atoms with Crippen molar-refractivity contribution in [3.05, 3.63) is 53.8 Å². The van der Waals surface area contributed by atoms with Gasteiger partial charge >= 0.3 is 5.97 Å². The number of nitrogens with one attached hydrogen (secondary N) is 1. The number of aromatic nitrogens is 3. The van der Waals surface area contributed by atoms with Gasteiger partial charge in [-0.2, -0.15) is 0 Å². The Morgan fingerprint density at radius 1 is 1.23 bits per heavy atom. The Morgan fingerprint density at radius 3 is 2.73 bits per heavy atom. The molecule has 0 fully saturated rings. The zero-order valence-corrected chi connectivity index (χ0v) is 14.0. The van der Waals surface area contributed by atoms with E-state index >= 15 is 0 Å². The van der Waals surface area contributed by atoms with Crippen LogP contribution >= 0.6 is 0 Å². The van der Waals surface area contributed by atoms with E-state index < -0.39 is 23.8 Å². The quantitative estimate of drug-likeness (QED) is 0.699. The second kappa shape index (κ2) is 7.18. The number of benzene rings is 2. The standard InChI is InChI=1S/C17H15FN4O4/c1-10(16(23)19-13-6-4-3-5-12(13)18)26-22-15-9-11(17(24)25-2)7-8-14(15)20-21-22/h3-10H,1-2H3,(H,19,23)/t10-/m0/s1. The third-order valence-electron chi connectivity index (χ3n) is 3.60. The first-order valence-corrected chi connectivity index (χ1v) is 7.66. The van der Waals surface area contributed by atoms with E-state index in [2.05, 4.69) is 20.4 Å². The van der Waals surface area contributed by atoms with Crippen LogP contribution < -0.4 is 10.2 Å². The van der Waals surface area contributed by atoms with Crippen LogP contribution in [0.4, 0.5) is 10.1 Å². The number of carbonyl (C=O) groups is 2. The Bertz CT molecular complexity index is 972. The second-order valence-corrected chi connectivity index (χ2v) is 5.37. The van der Waals surface area contributed by atoms with E-state index in [9.17, 15) is 14.0 Å². The fourth-order valence-electron chi connectivity index (χ4n) is 2.22. The summed E-state index contributed by atoms with van der Waals surface area (Å²) in [5.41, 5.74) is 1.19. The summed E-state index contributed by atoms with van der Waals surface area (Å²) in [5, 5.41) is 10.1. The number of para-hydroxylation sites is 1. The molecule has 1 atom stereocenters. The van der Waals surface area contributed by atoms with Crippen molar-refractivity contribution < 1.29 is 23.6 Å². The van der Waals surface area contributed by atoms with Crippen LogP contribution in [-0.2, 0) is 9.53 Å². The Balaban J connectivity index is 1.78. The number of amides is 1. The van der Waals surface area contributed by atoms with E-state index in [1.54, 1.807) is 18.2 Å². The zero-order valence-electron chi connectivity index (χ0n) is 14.0. The second-order valence-electron chi connectivity index (χ2n) is 5.37. The fourth-order valence-corrected chi connectivity index (χ4v) is 2.22. The number of anilines is 1. The van der Waals surface area contributed by atoms with Crippen LogP contribution in [-0.4, -0.2) is 40.2 Å². The fraction of sp³-hybridized carbons (Fsp3) is 0.176. The van der Waals surface area contributed by atoms with E-state index in [4.69, 9.17) is 4.84 Å². The smallest absolute Gasteiger partial charge is 0.337 e. The molecule has 0 aliphatic heterocycles. The van der Waals surface area contributed by atoms with Crippen LogP contribution in [0.25, 0.3) is 11.0 Å². The van der Waals surface area contributed by atoms with Crippen molar-refractivity contribution >= 4 is 28.6 Å². The number of ether oxygens (including phenoxy) is 1. The number of nitrogens with zero attached hydrogens (tertiary/aromatic N) is 3. The molecule has 1 N–H and O–H groups in total. The van der Waals surface area contributed by atoms with Crippen molar-refractivity contribution in [1.29, 1.82) is 0 Å². The molecule has 0 unspecified atom stereocenters. The summed E-state index contributed by atoms with van der Waals surface area (Å²) in [4.78, 5) is 30.4. The zero-order chi connectivity index (χ0) is 18.7. The van der Waals surface area contributed by atoms with Gasteiger partial charge in [-0.05, 0) is 42.5 Å². The minimum atomic E-state index is -0.999. The molecule has 0 aliphatic rings. The first-order chi connectivity index (χ1) is 12.5. The number of hydrogen-bond acceptors (Lipinski definition) is 6. The third-order valence-corrected chi connectivity index (χ3v) is 3.60. The Kier molecular flexibility index (Phi) is 4.78. The summed E-state index contributed by atoms with van der Waals surface area (Å²) in [5.74, 6) is -1.64. The van der Waals surface area contributed by atoms with Gasteiger partial charge in [0, 0.05) is 0 Å². The largest absolute Gasteiger partial charge is 0.465 e. The number of esters is 1. The molecule has 1 aromatic heterocycles. The molecule has 134 valence electrons. The summed E-state index contributed by atoms with van der Waals surface area (Å²) >= 11 is 0. The molecule has 8 nitrogen and oxygen atoms in total. The minimum Gasteiger partial charge on any atom is -0.465 e. The maximum atomic E-state index is 13.6. The lowest BCUT2D eigenvalue weighted by atomic mass is 10.2. The van der Waals surface area contributed by atoms with Gasteiger partial charge in [0.15, 0.2) is 0 Å². The highest BCUT2D eigenvalue weighted by atomic mass is 19.1. The highest BCUT2D eigenvalue weighted by Gasteiger charge is 2.19. The Hall–Kier alpha value is -3.49. The van der Waals surface area contributed by atoms with Gasteiger partial charge in [-0.25, -0.2) is 9.18 Å². The van der Waals surface area contributed by atoms with Gasteiger partial charge in [0.1, 0.15) is 16.9 Å². The molecule has 1 heterocycles. The van der Waals surface area contributed by atoms with Crippen molar-refractivity contribution in [2.45, 2.75) is 13.0 Å². The van der Waals surface area contributed by atoms with E-state index in [0.29, 0.717) is 11.0 Å². The summed E-state index contributed by atoms with van der Waals surface area (Å²) < 4.78 is 18.3. The van der Waals surface area contributed by atoms with Crippen molar-refractivity contribution in [2.75, 3.05) is 12.4 Å². The van der Waals surface area contributed by atoms with Crippen molar-refractivity contribution in [2.24, 2.45) is 0 Å². The monoisotopic (exact) mass is 358 g/mol. The normalized spacial score (nSPS) is 11.8. The SMILES string of the molecule is COC(=O)c1ccc2nnn(O[C@@H](C)C(=O)Nc3ccccc3F)c2c1. The highest BCUT2D eigenvalue weighted by Crippen LogP contribution is 2.15. The lowest BCUT2D eigenvalue weighted by Crippen LogP contribution is -2.35. The molecule has 0 spiro atoms. The van der Waals surface area contributed by atoms with E-state index in [0.717, 1.165) is 4.85 Å². The first kappa shape index (κ1) is 17.3. The lowest BCUT2D eigenvalue weighted by Gasteiger charge is -2.14. The number of carbonyl (C=O) groups excluding carboxylic acids is 2. The van der Waals surface area contributed by atoms with Gasteiger partial charge in [0.25, 0.3) is 5.91 Å². The third kappa shape index (κ3) is 3.46. The molecular formula is C17H15FN4O4. The van der Waals surface area contributed by atoms with Gasteiger partial charge in [-0.3, -0.25) is 4.79 Å². The van der Waals surface area contributed by atoms with Gasteiger partial charge in [0.05, 0.1) is 18.4 Å². The first-order valence-electron chi connectivity index (χ1n) is 7.66. The Labute approximate surface area is 147 Å². The molecule has 3 rings (SSSR count). The molecule has 0 aliphatic carbocycles. The van der Waals surface area contributed by atoms with Crippen LogP contribution in [0.2, 0.25) is 0 Å². The molecule has 26 heavy (non-hydrogen) atoms. The predicted octanol–water partition coefficient (Wildman–Crippen LogP) is 1.81. The number of halogens is 1. The summed E-state index contributed by atoms with van der Waals surface area (Å²) in [6.07, 6.45) is -0.999. The molecule has 0 bridgehead atoms. The maximum Gasteiger partial charge on any atom is 0.337 e. The van der Waals surface area contributed by atoms with E-state index in [1.807, 2.05) is 0 Å². The van der Waals surface area contributed by atoms with Crippen molar-refractivity contribution in [1.82, 2.24) is 15.2 Å². The van der Waals surface area contributed by atoms with Gasteiger partial charge < -0.3 is 14.9 Å². The van der Waals surface area contributed by atoms with Gasteiger partial charge in [0.2, 0.25) is 6.10 Å². The minimum absolute atomic E-state index is 0.0457. The van der Waals surface area contributed by atoms with Crippen molar-refractivity contribution in [3.8, 4) is 0 Å². The number of rotatable bonds is 5. The van der Waals surface area contributed by atoms with E-state index in [-0.39, 0.29) is 11.3 Å². The molecule has 3 aromatic rings. The van der Waals surface area contributed by atoms with E-state index in [1.165, 1.54) is 38.3 Å². The van der Waals surface area contributed by atoms with Crippen molar-refractivity contribution in [3.63, 3.8) is 0 Å². The summed E-state index contributed by atoms with van der Waals surface area (Å²) in [6, 6.07) is 10.4. The molecule has 0 saturated carbocycles. The number of methoxy groups -OCH3 is 1. The van der Waals surface area contributed by atoms with Crippen LogP contribution in [0, 0.1) is 5.82 Å². The van der Waals surface area contributed by atoms with Gasteiger partial charge in [-0.1, -0.05) is 17.0 Å². The molecular weight excluding hydrogens is 343 g/mol. The number of hydrogen-bond donors (Lipinski definition) is 1. The van der Waals surface area contributed by atoms with Crippen LogP contribution in [0.3, 0.4) is 0 Å². The van der Waals surface area contributed by atoms with Crippen LogP contribution in [0.15, 0.2) is 42.5 Å². The predicted molar refractivity (Wildman–Crippen MR) is 89.9 cm³/mol. The molecule has 1 amide bonds. The molecule has 2 aromatic carbocycles. The van der Waals surface area contributed by atoms with Gasteiger partial charge in [-0.15, -0.1) is 5.10 Å². The average Bonchev–Trinajstić information content (AvgIpc) is 3.05. The lowest BCUT2D eigenvalue weighted by molar-refractivity contribution is -0.127. The maximum absolute atomic E-state index is 13.6. The van der Waals surface area contributed by atoms with Crippen LogP contribution in [0.1, 0.15) is 17.3 Å². The Morgan fingerprint density at radius 2 is 2.00 bits per heavy atom. The summed E-state index contributed by atoms with van der Waals surface area (Å²) in [6.45, 7) is 1.48. The van der Waals surface area contributed by atoms with Crippen LogP contribution in [0.5, 0.6) is 0 Å². The average molecular weight is 358 g/mol. The highest BCUT2D eigenvalue weighted by molar-refractivity contribution is 5.94. The molecule has 0 radical (unpaired) electrons.